The number of hydrogen-bond acceptors (Lipinski definition) is 3. The van der Waals surface area contributed by atoms with E-state index in [1.807, 2.05) is 6.07 Å². The zero-order valence-corrected chi connectivity index (χ0v) is 11.7. The molecule has 3 heteroatoms. The monoisotopic (exact) mass is 251 g/mol. The molecule has 2 heterocycles. The fraction of sp³-hybridized carbons (Fsp3) is 0.643. The summed E-state index contributed by atoms with van der Waals surface area (Å²) in [5, 5.41) is 1.25. The third kappa shape index (κ3) is 2.89. The third-order valence-electron chi connectivity index (χ3n) is 3.76. The normalized spacial score (nSPS) is 18.4. The molecule has 1 aromatic rings. The Morgan fingerprint density at radius 2 is 1.94 bits per heavy atom. The molecule has 1 fully saturated rings. The highest BCUT2D eigenvalue weighted by molar-refractivity contribution is 7.17. The van der Waals surface area contributed by atoms with Crippen molar-refractivity contribution in [2.24, 2.45) is 11.3 Å². The van der Waals surface area contributed by atoms with Crippen LogP contribution in [0.15, 0.2) is 12.1 Å². The van der Waals surface area contributed by atoms with Crippen LogP contribution in [-0.4, -0.2) is 19.4 Å². The lowest BCUT2D eigenvalue weighted by Gasteiger charge is -2.39. The number of piperidine rings is 1. The molecule has 1 aliphatic heterocycles. The van der Waals surface area contributed by atoms with E-state index in [9.17, 15) is 4.79 Å². The highest BCUT2D eigenvalue weighted by Gasteiger charge is 2.29. The molecule has 0 amide bonds. The largest absolute Gasteiger partial charge is 0.363 e. The molecular formula is C14H21NOS. The fourth-order valence-corrected chi connectivity index (χ4v) is 3.41. The van der Waals surface area contributed by atoms with E-state index in [0.29, 0.717) is 5.41 Å². The van der Waals surface area contributed by atoms with Gasteiger partial charge in [-0.15, -0.1) is 11.3 Å². The standard InChI is InChI=1S/C14H21NOS/c1-14(2,3)11-6-8-15(9-7-11)13-5-4-12(10-16)17-13/h4-5,10-11H,6-9H2,1-3H3. The van der Waals surface area contributed by atoms with Gasteiger partial charge >= 0.3 is 0 Å². The number of nitrogens with zero attached hydrogens (tertiary/aromatic N) is 1. The van der Waals surface area contributed by atoms with Crippen molar-refractivity contribution in [1.82, 2.24) is 0 Å². The average molecular weight is 251 g/mol. The van der Waals surface area contributed by atoms with Gasteiger partial charge in [0.15, 0.2) is 6.29 Å². The summed E-state index contributed by atoms with van der Waals surface area (Å²) in [6.07, 6.45) is 3.46. The summed E-state index contributed by atoms with van der Waals surface area (Å²) in [5.74, 6) is 0.823. The first-order valence-electron chi connectivity index (χ1n) is 6.30. The summed E-state index contributed by atoms with van der Waals surface area (Å²) in [5.41, 5.74) is 0.426. The molecule has 0 aliphatic carbocycles. The van der Waals surface area contributed by atoms with Crippen LogP contribution in [0.2, 0.25) is 0 Å². The van der Waals surface area contributed by atoms with Gasteiger partial charge in [-0.25, -0.2) is 0 Å². The van der Waals surface area contributed by atoms with Crippen LogP contribution in [-0.2, 0) is 0 Å². The van der Waals surface area contributed by atoms with E-state index in [-0.39, 0.29) is 0 Å². The smallest absolute Gasteiger partial charge is 0.160 e. The molecule has 1 aromatic heterocycles. The quantitative estimate of drug-likeness (QED) is 0.745. The molecule has 0 spiro atoms. The molecule has 2 rings (SSSR count). The summed E-state index contributed by atoms with van der Waals surface area (Å²) in [6, 6.07) is 3.99. The zero-order valence-electron chi connectivity index (χ0n) is 10.9. The lowest BCUT2D eigenvalue weighted by Crippen LogP contribution is -2.37. The van der Waals surface area contributed by atoms with Gasteiger partial charge in [-0.05, 0) is 36.3 Å². The van der Waals surface area contributed by atoms with Crippen molar-refractivity contribution in [1.29, 1.82) is 0 Å². The molecule has 2 nitrogen and oxygen atoms in total. The maximum Gasteiger partial charge on any atom is 0.160 e. The van der Waals surface area contributed by atoms with Crippen molar-refractivity contribution in [2.45, 2.75) is 33.6 Å². The number of carbonyl (C=O) groups is 1. The first-order valence-corrected chi connectivity index (χ1v) is 7.12. The third-order valence-corrected chi connectivity index (χ3v) is 4.83. The van der Waals surface area contributed by atoms with Crippen molar-refractivity contribution < 1.29 is 4.79 Å². The summed E-state index contributed by atoms with van der Waals surface area (Å²) in [6.45, 7) is 9.26. The predicted octanol–water partition coefficient (Wildman–Crippen LogP) is 3.82. The Morgan fingerprint density at radius 3 is 2.41 bits per heavy atom. The van der Waals surface area contributed by atoms with Crippen molar-refractivity contribution in [2.75, 3.05) is 18.0 Å². The Hall–Kier alpha value is -0.830. The summed E-state index contributed by atoms with van der Waals surface area (Å²) in [4.78, 5) is 13.9. The first-order chi connectivity index (χ1) is 8.00. The SMILES string of the molecule is CC(C)(C)C1CCN(c2ccc(C=O)s2)CC1. The van der Waals surface area contributed by atoms with Crippen LogP contribution in [0.5, 0.6) is 0 Å². The molecule has 0 atom stereocenters. The van der Waals surface area contributed by atoms with E-state index >= 15 is 0 Å². The van der Waals surface area contributed by atoms with Crippen LogP contribution >= 0.6 is 11.3 Å². The van der Waals surface area contributed by atoms with Crippen molar-refractivity contribution in [3.8, 4) is 0 Å². The Bertz CT molecular complexity index is 383. The highest BCUT2D eigenvalue weighted by atomic mass is 32.1. The lowest BCUT2D eigenvalue weighted by atomic mass is 9.75. The number of carbonyl (C=O) groups excluding carboxylic acids is 1. The molecule has 0 aromatic carbocycles. The van der Waals surface area contributed by atoms with Gasteiger partial charge in [0.25, 0.3) is 0 Å². The number of anilines is 1. The van der Waals surface area contributed by atoms with Gasteiger partial charge in [-0.1, -0.05) is 20.8 Å². The maximum atomic E-state index is 10.7. The Labute approximate surface area is 108 Å². The second-order valence-corrected chi connectivity index (χ2v) is 7.02. The minimum absolute atomic E-state index is 0.426. The van der Waals surface area contributed by atoms with Crippen LogP contribution in [0.25, 0.3) is 0 Å². The molecular weight excluding hydrogens is 230 g/mol. The van der Waals surface area contributed by atoms with Gasteiger partial charge in [-0.2, -0.15) is 0 Å². The van der Waals surface area contributed by atoms with Gasteiger partial charge in [0, 0.05) is 13.1 Å². The minimum atomic E-state index is 0.426. The van der Waals surface area contributed by atoms with Crippen LogP contribution in [0.1, 0.15) is 43.3 Å². The number of aldehydes is 1. The minimum Gasteiger partial charge on any atom is -0.363 e. The van der Waals surface area contributed by atoms with E-state index in [0.717, 1.165) is 30.2 Å². The molecule has 1 saturated heterocycles. The van der Waals surface area contributed by atoms with Crippen LogP contribution in [0.3, 0.4) is 0 Å². The van der Waals surface area contributed by atoms with Gasteiger partial charge in [-0.3, -0.25) is 4.79 Å². The van der Waals surface area contributed by atoms with E-state index < -0.39 is 0 Å². The van der Waals surface area contributed by atoms with Gasteiger partial charge in [0.05, 0.1) is 9.88 Å². The highest BCUT2D eigenvalue weighted by Crippen LogP contribution is 2.36. The summed E-state index contributed by atoms with van der Waals surface area (Å²) < 4.78 is 0. The van der Waals surface area contributed by atoms with Gasteiger partial charge in [0.1, 0.15) is 0 Å². The van der Waals surface area contributed by atoms with Crippen LogP contribution in [0.4, 0.5) is 5.00 Å². The Kier molecular flexibility index (Phi) is 3.57. The summed E-state index contributed by atoms with van der Waals surface area (Å²) in [7, 11) is 0. The van der Waals surface area contributed by atoms with E-state index in [1.165, 1.54) is 17.8 Å². The second kappa shape index (κ2) is 4.81. The molecule has 0 radical (unpaired) electrons. The molecule has 0 N–H and O–H groups in total. The van der Waals surface area contributed by atoms with E-state index in [2.05, 4.69) is 31.7 Å². The molecule has 0 bridgehead atoms. The van der Waals surface area contributed by atoms with E-state index in [1.54, 1.807) is 11.3 Å². The lowest BCUT2D eigenvalue weighted by molar-refractivity contribution is 0.112. The Morgan fingerprint density at radius 1 is 1.29 bits per heavy atom. The van der Waals surface area contributed by atoms with Gasteiger partial charge < -0.3 is 4.90 Å². The van der Waals surface area contributed by atoms with Crippen molar-refractivity contribution in [3.63, 3.8) is 0 Å². The second-order valence-electron chi connectivity index (χ2n) is 5.92. The molecule has 0 saturated carbocycles. The molecule has 0 unspecified atom stereocenters. The topological polar surface area (TPSA) is 20.3 Å². The molecule has 94 valence electrons. The van der Waals surface area contributed by atoms with Crippen molar-refractivity contribution >= 4 is 22.6 Å². The van der Waals surface area contributed by atoms with Crippen molar-refractivity contribution in [3.05, 3.63) is 17.0 Å². The maximum absolute atomic E-state index is 10.7. The van der Waals surface area contributed by atoms with Gasteiger partial charge in [0.2, 0.25) is 0 Å². The number of rotatable bonds is 2. The molecule has 17 heavy (non-hydrogen) atoms. The fourth-order valence-electron chi connectivity index (χ4n) is 2.54. The number of thiophene rings is 1. The average Bonchev–Trinajstić information content (AvgIpc) is 2.76. The predicted molar refractivity (Wildman–Crippen MR) is 74.1 cm³/mol. The van der Waals surface area contributed by atoms with Crippen LogP contribution in [0, 0.1) is 11.3 Å². The molecule has 1 aliphatic rings. The Balaban J connectivity index is 1.97. The first kappa shape index (κ1) is 12.6. The zero-order chi connectivity index (χ0) is 12.5. The van der Waals surface area contributed by atoms with E-state index in [4.69, 9.17) is 0 Å². The summed E-state index contributed by atoms with van der Waals surface area (Å²) >= 11 is 1.61. The number of hydrogen-bond donors (Lipinski definition) is 0. The van der Waals surface area contributed by atoms with Crippen LogP contribution < -0.4 is 4.90 Å².